The number of aryl methyl sites for hydroxylation is 2. The molecule has 0 aliphatic rings. The van der Waals surface area contributed by atoms with Gasteiger partial charge in [-0.15, -0.1) is 0 Å². The Bertz CT molecular complexity index is 910. The van der Waals surface area contributed by atoms with Crippen LogP contribution in [0.3, 0.4) is 0 Å². The molecule has 3 rings (SSSR count). The van der Waals surface area contributed by atoms with Gasteiger partial charge in [-0.25, -0.2) is 4.79 Å². The highest BCUT2D eigenvalue weighted by Crippen LogP contribution is 2.18. The molecule has 0 aliphatic carbocycles. The van der Waals surface area contributed by atoms with Crippen molar-refractivity contribution in [1.82, 2.24) is 4.98 Å². The molecule has 0 radical (unpaired) electrons. The summed E-state index contributed by atoms with van der Waals surface area (Å²) in [6, 6.07) is 15.1. The zero-order chi connectivity index (χ0) is 18.0. The number of benzene rings is 2. The molecule has 0 bridgehead atoms. The number of esters is 1. The van der Waals surface area contributed by atoms with Crippen molar-refractivity contribution in [2.75, 3.05) is 5.32 Å². The van der Waals surface area contributed by atoms with E-state index >= 15 is 0 Å². The van der Waals surface area contributed by atoms with Gasteiger partial charge in [0.05, 0.1) is 0 Å². The van der Waals surface area contributed by atoms with Crippen LogP contribution < -0.4 is 5.32 Å². The first-order chi connectivity index (χ1) is 11.9. The van der Waals surface area contributed by atoms with Crippen LogP contribution in [0.1, 0.15) is 28.5 Å². The number of hydrogen-bond acceptors (Lipinski definition) is 3. The summed E-state index contributed by atoms with van der Waals surface area (Å²) in [6.45, 7) is 5.42. The van der Waals surface area contributed by atoms with Gasteiger partial charge in [-0.2, -0.15) is 0 Å². The Morgan fingerprint density at radius 2 is 1.84 bits per heavy atom. The fourth-order valence-electron chi connectivity index (χ4n) is 2.57. The number of anilines is 1. The Morgan fingerprint density at radius 1 is 1.08 bits per heavy atom. The van der Waals surface area contributed by atoms with E-state index in [1.165, 1.54) is 0 Å². The van der Waals surface area contributed by atoms with Crippen molar-refractivity contribution in [3.05, 3.63) is 65.4 Å². The topological polar surface area (TPSA) is 71.2 Å². The van der Waals surface area contributed by atoms with Gasteiger partial charge >= 0.3 is 5.97 Å². The van der Waals surface area contributed by atoms with Gasteiger partial charge in [0, 0.05) is 16.6 Å². The minimum absolute atomic E-state index is 0.326. The summed E-state index contributed by atoms with van der Waals surface area (Å²) < 4.78 is 5.29. The van der Waals surface area contributed by atoms with Crippen molar-refractivity contribution in [2.45, 2.75) is 26.9 Å². The second kappa shape index (κ2) is 6.81. The number of fused-ring (bicyclic) bond motifs is 1. The number of aromatic amines is 1. The lowest BCUT2D eigenvalue weighted by Gasteiger charge is -2.14. The van der Waals surface area contributed by atoms with E-state index < -0.39 is 12.1 Å². The quantitative estimate of drug-likeness (QED) is 0.708. The zero-order valence-corrected chi connectivity index (χ0v) is 14.4. The number of carbonyl (C=O) groups excluding carboxylic acids is 2. The predicted octanol–water partition coefficient (Wildman–Crippen LogP) is 3.97. The number of H-pyrrole nitrogens is 1. The van der Waals surface area contributed by atoms with Gasteiger partial charge in [0.15, 0.2) is 6.10 Å². The Balaban J connectivity index is 1.68. The largest absolute Gasteiger partial charge is 0.448 e. The molecule has 3 aromatic rings. The summed E-state index contributed by atoms with van der Waals surface area (Å²) in [5.74, 6) is -0.919. The standard InChI is InChI=1S/C20H20N2O3/c1-12-8-9-13(2)17(10-12)22-19(23)14(3)25-20(24)18-11-15-6-4-5-7-16(15)21-18/h4-11,14,21H,1-3H3,(H,22,23)/t14-/m0/s1. The molecule has 0 saturated heterocycles. The molecule has 0 fully saturated rings. The van der Waals surface area contributed by atoms with Gasteiger partial charge in [-0.3, -0.25) is 4.79 Å². The highest BCUT2D eigenvalue weighted by atomic mass is 16.5. The van der Waals surface area contributed by atoms with Gasteiger partial charge in [0.2, 0.25) is 0 Å². The third kappa shape index (κ3) is 3.71. The van der Waals surface area contributed by atoms with Crippen LogP contribution in [0.2, 0.25) is 0 Å². The van der Waals surface area contributed by atoms with Crippen LogP contribution in [-0.4, -0.2) is 23.0 Å². The molecule has 128 valence electrons. The summed E-state index contributed by atoms with van der Waals surface area (Å²) >= 11 is 0. The Morgan fingerprint density at radius 3 is 2.60 bits per heavy atom. The number of rotatable bonds is 4. The summed E-state index contributed by atoms with van der Waals surface area (Å²) in [6.07, 6.45) is -0.904. The van der Waals surface area contributed by atoms with E-state index in [0.717, 1.165) is 27.7 Å². The monoisotopic (exact) mass is 336 g/mol. The van der Waals surface area contributed by atoms with Crippen molar-refractivity contribution in [3.8, 4) is 0 Å². The van der Waals surface area contributed by atoms with Crippen LogP contribution in [0.15, 0.2) is 48.5 Å². The fourth-order valence-corrected chi connectivity index (χ4v) is 2.57. The van der Waals surface area contributed by atoms with E-state index in [4.69, 9.17) is 4.74 Å². The molecule has 0 unspecified atom stereocenters. The van der Waals surface area contributed by atoms with E-state index in [1.807, 2.05) is 56.3 Å². The molecule has 1 heterocycles. The molecule has 25 heavy (non-hydrogen) atoms. The Labute approximate surface area is 146 Å². The highest BCUT2D eigenvalue weighted by Gasteiger charge is 2.20. The van der Waals surface area contributed by atoms with Crippen molar-refractivity contribution >= 4 is 28.5 Å². The molecule has 2 aromatic carbocycles. The van der Waals surface area contributed by atoms with Crippen molar-refractivity contribution < 1.29 is 14.3 Å². The second-order valence-electron chi connectivity index (χ2n) is 6.13. The van der Waals surface area contributed by atoms with Crippen molar-refractivity contribution in [2.24, 2.45) is 0 Å². The second-order valence-corrected chi connectivity index (χ2v) is 6.13. The van der Waals surface area contributed by atoms with Gasteiger partial charge in [-0.05, 0) is 50.1 Å². The first-order valence-corrected chi connectivity index (χ1v) is 8.11. The lowest BCUT2D eigenvalue weighted by Crippen LogP contribution is -2.30. The number of hydrogen-bond donors (Lipinski definition) is 2. The van der Waals surface area contributed by atoms with Crippen LogP contribution in [0, 0.1) is 13.8 Å². The maximum atomic E-state index is 12.3. The minimum atomic E-state index is -0.904. The first kappa shape index (κ1) is 16.8. The fraction of sp³-hybridized carbons (Fsp3) is 0.200. The van der Waals surface area contributed by atoms with Crippen molar-refractivity contribution in [3.63, 3.8) is 0 Å². The van der Waals surface area contributed by atoms with Crippen molar-refractivity contribution in [1.29, 1.82) is 0 Å². The third-order valence-corrected chi connectivity index (χ3v) is 4.05. The molecule has 5 nitrogen and oxygen atoms in total. The van der Waals surface area contributed by atoms with E-state index in [1.54, 1.807) is 13.0 Å². The molecular weight excluding hydrogens is 316 g/mol. The summed E-state index contributed by atoms with van der Waals surface area (Å²) in [4.78, 5) is 27.6. The van der Waals surface area contributed by atoms with E-state index in [0.29, 0.717) is 5.69 Å². The predicted molar refractivity (Wildman–Crippen MR) is 97.7 cm³/mol. The molecule has 0 aliphatic heterocycles. The summed E-state index contributed by atoms with van der Waals surface area (Å²) in [5, 5.41) is 3.73. The molecule has 0 spiro atoms. The molecular formula is C20H20N2O3. The van der Waals surface area contributed by atoms with Gasteiger partial charge in [0.25, 0.3) is 5.91 Å². The Hall–Kier alpha value is -3.08. The van der Waals surface area contributed by atoms with Gasteiger partial charge in [0.1, 0.15) is 5.69 Å². The van der Waals surface area contributed by atoms with Crippen LogP contribution >= 0.6 is 0 Å². The van der Waals surface area contributed by atoms with Crippen LogP contribution in [-0.2, 0) is 9.53 Å². The molecule has 5 heteroatoms. The summed E-state index contributed by atoms with van der Waals surface area (Å²) in [5.41, 5.74) is 3.89. The number of ether oxygens (including phenoxy) is 1. The third-order valence-electron chi connectivity index (χ3n) is 4.05. The Kier molecular flexibility index (Phi) is 4.57. The van der Waals surface area contributed by atoms with E-state index in [2.05, 4.69) is 10.3 Å². The number of para-hydroxylation sites is 1. The molecule has 1 atom stereocenters. The first-order valence-electron chi connectivity index (χ1n) is 8.11. The SMILES string of the molecule is Cc1ccc(C)c(NC(=O)[C@H](C)OC(=O)c2cc3ccccc3[nH]2)c1. The normalized spacial score (nSPS) is 12.0. The minimum Gasteiger partial charge on any atom is -0.448 e. The van der Waals surface area contributed by atoms with E-state index in [-0.39, 0.29) is 5.91 Å². The lowest BCUT2D eigenvalue weighted by molar-refractivity contribution is -0.123. The zero-order valence-electron chi connectivity index (χ0n) is 14.4. The molecule has 1 amide bonds. The highest BCUT2D eigenvalue weighted by molar-refractivity contribution is 5.99. The maximum Gasteiger partial charge on any atom is 0.355 e. The smallest absolute Gasteiger partial charge is 0.355 e. The van der Waals surface area contributed by atoms with Crippen LogP contribution in [0.25, 0.3) is 10.9 Å². The van der Waals surface area contributed by atoms with Gasteiger partial charge in [-0.1, -0.05) is 30.3 Å². The average Bonchev–Trinajstić information content (AvgIpc) is 3.02. The number of aromatic nitrogens is 1. The summed E-state index contributed by atoms with van der Waals surface area (Å²) in [7, 11) is 0. The van der Waals surface area contributed by atoms with Gasteiger partial charge < -0.3 is 15.0 Å². The molecule has 1 aromatic heterocycles. The molecule has 0 saturated carbocycles. The number of carbonyl (C=O) groups is 2. The lowest BCUT2D eigenvalue weighted by atomic mass is 10.1. The molecule has 2 N–H and O–H groups in total. The average molecular weight is 336 g/mol. The maximum absolute atomic E-state index is 12.3. The van der Waals surface area contributed by atoms with E-state index in [9.17, 15) is 9.59 Å². The van der Waals surface area contributed by atoms with Crippen LogP contribution in [0.5, 0.6) is 0 Å². The number of amides is 1. The number of nitrogens with one attached hydrogen (secondary N) is 2. The van der Waals surface area contributed by atoms with Crippen LogP contribution in [0.4, 0.5) is 5.69 Å².